The third-order valence-corrected chi connectivity index (χ3v) is 3.01. The number of aromatic nitrogens is 2. The number of rotatable bonds is 5. The van der Waals surface area contributed by atoms with E-state index in [1.165, 1.54) is 18.2 Å². The third kappa shape index (κ3) is 3.65. The Hall–Kier alpha value is -2.70. The molecule has 0 fully saturated rings. The number of esters is 1. The van der Waals surface area contributed by atoms with Gasteiger partial charge >= 0.3 is 5.97 Å². The van der Waals surface area contributed by atoms with E-state index >= 15 is 0 Å². The third-order valence-electron chi connectivity index (χ3n) is 3.01. The lowest BCUT2D eigenvalue weighted by molar-refractivity contribution is -0.385. The van der Waals surface area contributed by atoms with Gasteiger partial charge in [0.15, 0.2) is 0 Å². The van der Waals surface area contributed by atoms with E-state index < -0.39 is 10.9 Å². The molecule has 0 unspecified atom stereocenters. The van der Waals surface area contributed by atoms with E-state index in [0.717, 1.165) is 5.56 Å². The van der Waals surface area contributed by atoms with Crippen LogP contribution in [0.3, 0.4) is 0 Å². The first-order valence-electron chi connectivity index (χ1n) is 6.37. The molecule has 110 valence electrons. The van der Waals surface area contributed by atoms with Crippen LogP contribution in [0, 0.1) is 17.0 Å². The van der Waals surface area contributed by atoms with Crippen LogP contribution in [0.15, 0.2) is 30.6 Å². The molecular weight excluding hydrogens is 274 g/mol. The van der Waals surface area contributed by atoms with E-state index in [2.05, 4.69) is 5.10 Å². The van der Waals surface area contributed by atoms with Gasteiger partial charge in [-0.1, -0.05) is 0 Å². The number of aryl methyl sites for hydroxylation is 2. The van der Waals surface area contributed by atoms with Gasteiger partial charge < -0.3 is 4.74 Å². The zero-order chi connectivity index (χ0) is 15.4. The lowest BCUT2D eigenvalue weighted by Crippen LogP contribution is -2.08. The maximum Gasteiger partial charge on any atom is 0.338 e. The maximum absolute atomic E-state index is 11.9. The van der Waals surface area contributed by atoms with Gasteiger partial charge in [-0.15, -0.1) is 0 Å². The molecule has 0 spiro atoms. The molecule has 0 radical (unpaired) electrons. The van der Waals surface area contributed by atoms with Crippen molar-refractivity contribution in [3.05, 3.63) is 57.4 Å². The van der Waals surface area contributed by atoms with Crippen molar-refractivity contribution in [2.45, 2.75) is 13.3 Å². The highest BCUT2D eigenvalue weighted by molar-refractivity contribution is 5.90. The zero-order valence-corrected chi connectivity index (χ0v) is 11.8. The first-order chi connectivity index (χ1) is 9.97. The van der Waals surface area contributed by atoms with Gasteiger partial charge in [0.1, 0.15) is 0 Å². The van der Waals surface area contributed by atoms with E-state index in [0.29, 0.717) is 17.5 Å². The molecule has 0 N–H and O–H groups in total. The van der Waals surface area contributed by atoms with Crippen molar-refractivity contribution in [3.8, 4) is 0 Å². The Bertz CT molecular complexity index is 679. The summed E-state index contributed by atoms with van der Waals surface area (Å²) in [4.78, 5) is 22.1. The van der Waals surface area contributed by atoms with Gasteiger partial charge in [-0.05, 0) is 24.6 Å². The molecule has 7 nitrogen and oxygen atoms in total. The number of hydrogen-bond acceptors (Lipinski definition) is 5. The van der Waals surface area contributed by atoms with Crippen molar-refractivity contribution in [2.24, 2.45) is 7.05 Å². The van der Waals surface area contributed by atoms with Crippen LogP contribution in [0.2, 0.25) is 0 Å². The Morgan fingerprint density at radius 1 is 1.48 bits per heavy atom. The van der Waals surface area contributed by atoms with Gasteiger partial charge in [0.2, 0.25) is 0 Å². The largest absolute Gasteiger partial charge is 0.462 e. The Labute approximate surface area is 121 Å². The van der Waals surface area contributed by atoms with Crippen molar-refractivity contribution < 1.29 is 14.5 Å². The minimum Gasteiger partial charge on any atom is -0.462 e. The Kier molecular flexibility index (Phi) is 4.32. The summed E-state index contributed by atoms with van der Waals surface area (Å²) in [5, 5.41) is 14.7. The monoisotopic (exact) mass is 289 g/mol. The van der Waals surface area contributed by atoms with Crippen LogP contribution in [0.25, 0.3) is 0 Å². The summed E-state index contributed by atoms with van der Waals surface area (Å²) in [6.07, 6.45) is 4.14. The predicted molar refractivity (Wildman–Crippen MR) is 75.0 cm³/mol. The van der Waals surface area contributed by atoms with E-state index in [1.54, 1.807) is 17.8 Å². The Morgan fingerprint density at radius 3 is 2.81 bits per heavy atom. The number of nitro benzene ring substituents is 1. The van der Waals surface area contributed by atoms with Crippen LogP contribution in [0.4, 0.5) is 5.69 Å². The molecule has 0 aliphatic carbocycles. The fourth-order valence-corrected chi connectivity index (χ4v) is 1.93. The van der Waals surface area contributed by atoms with E-state index in [-0.39, 0.29) is 12.3 Å². The van der Waals surface area contributed by atoms with Crippen molar-refractivity contribution in [1.29, 1.82) is 0 Å². The Balaban J connectivity index is 1.94. The van der Waals surface area contributed by atoms with E-state index in [4.69, 9.17) is 4.74 Å². The minimum absolute atomic E-state index is 0.0121. The first kappa shape index (κ1) is 14.7. The minimum atomic E-state index is -0.489. The molecule has 7 heteroatoms. The van der Waals surface area contributed by atoms with Crippen LogP contribution >= 0.6 is 0 Å². The van der Waals surface area contributed by atoms with Gasteiger partial charge in [-0.2, -0.15) is 5.10 Å². The van der Waals surface area contributed by atoms with E-state index in [1.807, 2.05) is 13.2 Å². The number of hydrogen-bond donors (Lipinski definition) is 0. The molecule has 1 aromatic carbocycles. The average molecular weight is 289 g/mol. The summed E-state index contributed by atoms with van der Waals surface area (Å²) >= 11 is 0. The normalized spacial score (nSPS) is 10.4. The molecule has 0 saturated heterocycles. The number of carbonyl (C=O) groups is 1. The van der Waals surface area contributed by atoms with Gasteiger partial charge in [0.05, 0.1) is 23.3 Å². The number of ether oxygens (including phenoxy) is 1. The number of nitro groups is 1. The summed E-state index contributed by atoms with van der Waals surface area (Å²) in [7, 11) is 1.81. The van der Waals surface area contributed by atoms with Crippen LogP contribution in [-0.2, 0) is 18.2 Å². The molecule has 1 heterocycles. The maximum atomic E-state index is 11.9. The predicted octanol–water partition coefficient (Wildman–Crippen LogP) is 2.04. The summed E-state index contributed by atoms with van der Waals surface area (Å²) in [5.74, 6) is -0.489. The molecule has 1 aromatic heterocycles. The fourth-order valence-electron chi connectivity index (χ4n) is 1.93. The summed E-state index contributed by atoms with van der Waals surface area (Å²) in [6.45, 7) is 1.82. The van der Waals surface area contributed by atoms with Crippen molar-refractivity contribution in [1.82, 2.24) is 9.78 Å². The molecule has 21 heavy (non-hydrogen) atoms. The molecule has 0 bridgehead atoms. The van der Waals surface area contributed by atoms with Gasteiger partial charge in [0, 0.05) is 31.3 Å². The SMILES string of the molecule is Cc1cc(C(=O)OCCc2cnn(C)c2)ccc1[N+](=O)[O-]. The van der Waals surface area contributed by atoms with Gasteiger partial charge in [-0.3, -0.25) is 14.8 Å². The summed E-state index contributed by atoms with van der Waals surface area (Å²) < 4.78 is 6.83. The number of benzene rings is 1. The lowest BCUT2D eigenvalue weighted by atomic mass is 10.1. The molecule has 0 aliphatic heterocycles. The number of nitrogens with zero attached hydrogens (tertiary/aromatic N) is 3. The highest BCUT2D eigenvalue weighted by Gasteiger charge is 2.14. The van der Waals surface area contributed by atoms with Crippen molar-refractivity contribution >= 4 is 11.7 Å². The molecular formula is C14H15N3O4. The van der Waals surface area contributed by atoms with Crippen molar-refractivity contribution in [3.63, 3.8) is 0 Å². The molecule has 0 aliphatic rings. The molecule has 0 atom stereocenters. The van der Waals surface area contributed by atoms with Crippen LogP contribution < -0.4 is 0 Å². The van der Waals surface area contributed by atoms with Gasteiger partial charge in [0.25, 0.3) is 5.69 Å². The number of carbonyl (C=O) groups excluding carboxylic acids is 1. The molecule has 0 saturated carbocycles. The second kappa shape index (κ2) is 6.17. The van der Waals surface area contributed by atoms with Crippen molar-refractivity contribution in [2.75, 3.05) is 6.61 Å². The smallest absolute Gasteiger partial charge is 0.338 e. The second-order valence-corrected chi connectivity index (χ2v) is 4.67. The Morgan fingerprint density at radius 2 is 2.24 bits per heavy atom. The standard InChI is InChI=1S/C14H15N3O4/c1-10-7-12(3-4-13(10)17(19)20)14(18)21-6-5-11-8-15-16(2)9-11/h3-4,7-9H,5-6H2,1-2H3. The van der Waals surface area contributed by atoms with Crippen LogP contribution in [-0.4, -0.2) is 27.3 Å². The van der Waals surface area contributed by atoms with Crippen LogP contribution in [0.5, 0.6) is 0 Å². The highest BCUT2D eigenvalue weighted by Crippen LogP contribution is 2.19. The second-order valence-electron chi connectivity index (χ2n) is 4.67. The fraction of sp³-hybridized carbons (Fsp3) is 0.286. The summed E-state index contributed by atoms with van der Waals surface area (Å²) in [6, 6.07) is 4.18. The first-order valence-corrected chi connectivity index (χ1v) is 6.37. The summed E-state index contributed by atoms with van der Waals surface area (Å²) in [5.41, 5.74) is 1.71. The lowest BCUT2D eigenvalue weighted by Gasteiger charge is -2.05. The topological polar surface area (TPSA) is 87.3 Å². The van der Waals surface area contributed by atoms with Gasteiger partial charge in [-0.25, -0.2) is 4.79 Å². The highest BCUT2D eigenvalue weighted by atomic mass is 16.6. The van der Waals surface area contributed by atoms with E-state index in [9.17, 15) is 14.9 Å². The molecule has 2 rings (SSSR count). The zero-order valence-electron chi connectivity index (χ0n) is 11.8. The average Bonchev–Trinajstić information content (AvgIpc) is 2.83. The quantitative estimate of drug-likeness (QED) is 0.477. The molecule has 0 amide bonds. The van der Waals surface area contributed by atoms with Crippen LogP contribution in [0.1, 0.15) is 21.5 Å². The molecule has 2 aromatic rings.